The molecule has 6 heteroatoms. The summed E-state index contributed by atoms with van der Waals surface area (Å²) in [5.41, 5.74) is 3.31. The van der Waals surface area contributed by atoms with Gasteiger partial charge in [-0.05, 0) is 47.5 Å². The second kappa shape index (κ2) is 8.77. The molecule has 0 radical (unpaired) electrons. The number of benzene rings is 4. The highest BCUT2D eigenvalue weighted by molar-refractivity contribution is 7.75. The molecule has 34 heavy (non-hydrogen) atoms. The molecule has 0 fully saturated rings. The normalized spacial score (nSPS) is 16.4. The number of hydrogen-bond donors (Lipinski definition) is 0. The van der Waals surface area contributed by atoms with Crippen LogP contribution in [0.2, 0.25) is 0 Å². The van der Waals surface area contributed by atoms with E-state index in [0.717, 1.165) is 16.7 Å². The highest BCUT2D eigenvalue weighted by Gasteiger charge is 2.39. The molecule has 0 saturated heterocycles. The average molecular weight is 470 g/mol. The topological polar surface area (TPSA) is 52.6 Å². The summed E-state index contributed by atoms with van der Waals surface area (Å²) in [6.07, 6.45) is 4.23. The predicted molar refractivity (Wildman–Crippen MR) is 133 cm³/mol. The molecule has 0 aliphatic carbocycles. The Hall–Kier alpha value is -3.95. The zero-order chi connectivity index (χ0) is 23.7. The summed E-state index contributed by atoms with van der Waals surface area (Å²) >= 11 is 0. The SMILES string of the molecule is COc1cc(P2(=O)Oc3ccccc3-c3ccccc32)c(C=O)cc1/C=C/c1ccc(F)cc1. The first-order chi connectivity index (χ1) is 16.5. The summed E-state index contributed by atoms with van der Waals surface area (Å²) in [5.74, 6) is 0.621. The quantitative estimate of drug-likeness (QED) is 0.201. The van der Waals surface area contributed by atoms with E-state index < -0.39 is 7.37 Å². The number of para-hydroxylation sites is 1. The van der Waals surface area contributed by atoms with Crippen molar-refractivity contribution in [3.05, 3.63) is 107 Å². The Labute approximate surface area is 196 Å². The molecule has 1 heterocycles. The molecule has 0 amide bonds. The number of rotatable bonds is 5. The molecule has 5 rings (SSSR count). The summed E-state index contributed by atoms with van der Waals surface area (Å²) < 4.78 is 39.4. The molecule has 0 aromatic heterocycles. The van der Waals surface area contributed by atoms with Gasteiger partial charge in [-0.3, -0.25) is 9.36 Å². The third-order valence-electron chi connectivity index (χ3n) is 5.77. The molecule has 0 spiro atoms. The van der Waals surface area contributed by atoms with Crippen molar-refractivity contribution in [3.8, 4) is 22.6 Å². The van der Waals surface area contributed by atoms with Crippen LogP contribution in [0.25, 0.3) is 23.3 Å². The molecule has 1 aliphatic heterocycles. The van der Waals surface area contributed by atoms with E-state index in [4.69, 9.17) is 9.26 Å². The van der Waals surface area contributed by atoms with Gasteiger partial charge in [-0.25, -0.2) is 4.39 Å². The van der Waals surface area contributed by atoms with Gasteiger partial charge < -0.3 is 9.26 Å². The molecule has 1 aliphatic rings. The third-order valence-corrected chi connectivity index (χ3v) is 8.27. The lowest BCUT2D eigenvalue weighted by Gasteiger charge is -2.29. The highest BCUT2D eigenvalue weighted by atomic mass is 31.2. The largest absolute Gasteiger partial charge is 0.496 e. The molecule has 1 unspecified atom stereocenters. The first-order valence-corrected chi connectivity index (χ1v) is 12.3. The number of hydrogen-bond acceptors (Lipinski definition) is 4. The van der Waals surface area contributed by atoms with Gasteiger partial charge in [-0.15, -0.1) is 0 Å². The lowest BCUT2D eigenvalue weighted by atomic mass is 10.0. The lowest BCUT2D eigenvalue weighted by molar-refractivity contribution is 0.112. The zero-order valence-electron chi connectivity index (χ0n) is 18.3. The number of methoxy groups -OCH3 is 1. The molecule has 4 nitrogen and oxygen atoms in total. The molecule has 1 atom stereocenters. The fourth-order valence-electron chi connectivity index (χ4n) is 4.11. The van der Waals surface area contributed by atoms with Crippen molar-refractivity contribution in [2.24, 2.45) is 0 Å². The number of ether oxygens (including phenoxy) is 1. The monoisotopic (exact) mass is 470 g/mol. The van der Waals surface area contributed by atoms with Gasteiger partial charge in [0.05, 0.1) is 17.7 Å². The van der Waals surface area contributed by atoms with Crippen LogP contribution >= 0.6 is 7.37 Å². The number of halogens is 1. The maximum absolute atomic E-state index is 14.5. The smallest absolute Gasteiger partial charge is 0.308 e. The van der Waals surface area contributed by atoms with Crippen molar-refractivity contribution in [1.29, 1.82) is 0 Å². The average Bonchev–Trinajstić information content (AvgIpc) is 2.88. The summed E-state index contributed by atoms with van der Waals surface area (Å²) in [5, 5.41) is 0.814. The zero-order valence-corrected chi connectivity index (χ0v) is 19.2. The second-order valence-electron chi connectivity index (χ2n) is 7.81. The van der Waals surface area contributed by atoms with Crippen LogP contribution < -0.4 is 19.9 Å². The van der Waals surface area contributed by atoms with Crippen molar-refractivity contribution in [1.82, 2.24) is 0 Å². The number of carbonyl (C=O) groups is 1. The molecular formula is C28H20FO4P. The fraction of sp³-hybridized carbons (Fsp3) is 0.0357. The summed E-state index contributed by atoms with van der Waals surface area (Å²) in [6, 6.07) is 24.1. The van der Waals surface area contributed by atoms with E-state index in [2.05, 4.69) is 0 Å². The van der Waals surface area contributed by atoms with Gasteiger partial charge >= 0.3 is 7.37 Å². The molecule has 0 saturated carbocycles. The minimum atomic E-state index is -3.66. The van der Waals surface area contributed by atoms with E-state index >= 15 is 0 Å². The third kappa shape index (κ3) is 3.74. The van der Waals surface area contributed by atoms with E-state index in [1.807, 2.05) is 30.3 Å². The molecule has 168 valence electrons. The van der Waals surface area contributed by atoms with Crippen molar-refractivity contribution >= 4 is 36.4 Å². The number of fused-ring (bicyclic) bond motifs is 3. The van der Waals surface area contributed by atoms with Crippen molar-refractivity contribution in [3.63, 3.8) is 0 Å². The Bertz CT molecular complexity index is 1470. The molecule has 4 aromatic rings. The Morgan fingerprint density at radius 2 is 1.53 bits per heavy atom. The van der Waals surface area contributed by atoms with Crippen LogP contribution in [0, 0.1) is 5.82 Å². The molecule has 0 bridgehead atoms. The van der Waals surface area contributed by atoms with E-state index in [1.165, 1.54) is 19.2 Å². The van der Waals surface area contributed by atoms with Crippen LogP contribution in [-0.2, 0) is 4.57 Å². The number of carbonyl (C=O) groups excluding carboxylic acids is 1. The van der Waals surface area contributed by atoms with Crippen LogP contribution in [0.5, 0.6) is 11.5 Å². The van der Waals surface area contributed by atoms with Crippen LogP contribution in [0.15, 0.2) is 84.9 Å². The van der Waals surface area contributed by atoms with E-state index in [1.54, 1.807) is 54.6 Å². The van der Waals surface area contributed by atoms with E-state index in [0.29, 0.717) is 28.7 Å². The first kappa shape index (κ1) is 21.9. The number of aldehydes is 1. The van der Waals surface area contributed by atoms with Crippen molar-refractivity contribution < 1.29 is 23.0 Å². The second-order valence-corrected chi connectivity index (χ2v) is 10.1. The van der Waals surface area contributed by atoms with Gasteiger partial charge in [-0.1, -0.05) is 60.7 Å². The van der Waals surface area contributed by atoms with Gasteiger partial charge in [0.25, 0.3) is 0 Å². The standard InChI is InChI=1S/C28H20FO4P/c1-32-26-17-28(21(18-30)16-20(26)13-10-19-11-14-22(29)15-12-19)34(31)27-9-5-3-7-24(27)23-6-2-4-8-25(23)33-34/h2-18H,1H3/b13-10+. The maximum Gasteiger partial charge on any atom is 0.308 e. The van der Waals surface area contributed by atoms with Crippen LogP contribution in [-0.4, -0.2) is 13.4 Å². The molecule has 4 aromatic carbocycles. The Morgan fingerprint density at radius 3 is 2.26 bits per heavy atom. The Kier molecular flexibility index (Phi) is 5.64. The Morgan fingerprint density at radius 1 is 0.824 bits per heavy atom. The Balaban J connectivity index is 1.65. The van der Waals surface area contributed by atoms with Gasteiger partial charge in [0.15, 0.2) is 6.29 Å². The molecular weight excluding hydrogens is 450 g/mol. The van der Waals surface area contributed by atoms with Gasteiger partial charge in [0.2, 0.25) is 0 Å². The van der Waals surface area contributed by atoms with Crippen molar-refractivity contribution in [2.45, 2.75) is 0 Å². The minimum Gasteiger partial charge on any atom is -0.496 e. The van der Waals surface area contributed by atoms with Crippen LogP contribution in [0.1, 0.15) is 21.5 Å². The molecule has 0 N–H and O–H groups in total. The van der Waals surface area contributed by atoms with Gasteiger partial charge in [-0.2, -0.15) is 0 Å². The van der Waals surface area contributed by atoms with Crippen LogP contribution in [0.4, 0.5) is 4.39 Å². The highest BCUT2D eigenvalue weighted by Crippen LogP contribution is 2.54. The van der Waals surface area contributed by atoms with Gasteiger partial charge in [0, 0.05) is 16.7 Å². The van der Waals surface area contributed by atoms with E-state index in [-0.39, 0.29) is 16.7 Å². The predicted octanol–water partition coefficient (Wildman–Crippen LogP) is 6.11. The lowest BCUT2D eigenvalue weighted by Crippen LogP contribution is -2.27. The minimum absolute atomic E-state index is 0.247. The van der Waals surface area contributed by atoms with E-state index in [9.17, 15) is 13.8 Å². The fourth-order valence-corrected chi connectivity index (χ4v) is 6.54. The summed E-state index contributed by atoms with van der Waals surface area (Å²) in [4.78, 5) is 12.2. The van der Waals surface area contributed by atoms with Gasteiger partial charge in [0.1, 0.15) is 17.3 Å². The summed E-state index contributed by atoms with van der Waals surface area (Å²) in [7, 11) is -2.15. The maximum atomic E-state index is 14.5. The first-order valence-electron chi connectivity index (χ1n) is 10.6. The van der Waals surface area contributed by atoms with Crippen LogP contribution in [0.3, 0.4) is 0 Å². The summed E-state index contributed by atoms with van der Waals surface area (Å²) in [6.45, 7) is 0. The van der Waals surface area contributed by atoms with Crippen molar-refractivity contribution in [2.75, 3.05) is 7.11 Å².